The molecule has 0 spiro atoms. The van der Waals surface area contributed by atoms with Gasteiger partial charge in [0.2, 0.25) is 0 Å². The quantitative estimate of drug-likeness (QED) is 0.462. The van der Waals surface area contributed by atoms with Crippen LogP contribution in [0.3, 0.4) is 0 Å². The highest BCUT2D eigenvalue weighted by Crippen LogP contribution is 2.36. The molecule has 0 aliphatic heterocycles. The minimum atomic E-state index is -0.443. The fraction of sp³-hybridized carbons (Fsp3) is 0.0625. The number of nitrogen functional groups attached to an aromatic ring is 1. The van der Waals surface area contributed by atoms with Crippen LogP contribution >= 0.6 is 11.6 Å². The number of anilines is 1. The summed E-state index contributed by atoms with van der Waals surface area (Å²) in [4.78, 5) is 19.3. The van der Waals surface area contributed by atoms with E-state index >= 15 is 0 Å². The lowest BCUT2D eigenvalue weighted by Gasteiger charge is -2.12. The summed E-state index contributed by atoms with van der Waals surface area (Å²) in [6, 6.07) is 4.49. The van der Waals surface area contributed by atoms with Gasteiger partial charge in [-0.3, -0.25) is 9.89 Å². The number of aryl methyl sites for hydroxylation is 1. The normalized spacial score (nSPS) is 11.5. The molecule has 0 bridgehead atoms. The van der Waals surface area contributed by atoms with Gasteiger partial charge in [0, 0.05) is 10.9 Å². The van der Waals surface area contributed by atoms with Gasteiger partial charge in [-0.1, -0.05) is 17.7 Å². The van der Waals surface area contributed by atoms with Gasteiger partial charge in [-0.25, -0.2) is 9.37 Å². The van der Waals surface area contributed by atoms with Crippen LogP contribution in [0.1, 0.15) is 5.56 Å². The third kappa shape index (κ3) is 1.98. The average Bonchev–Trinajstić information content (AvgIpc) is 3.02. The second kappa shape index (κ2) is 5.04. The van der Waals surface area contributed by atoms with Gasteiger partial charge in [-0.05, 0) is 30.2 Å². The molecular weight excluding hydrogens is 333 g/mol. The van der Waals surface area contributed by atoms with Crippen LogP contribution in [0, 0.1) is 12.7 Å². The Kier molecular flexibility index (Phi) is 3.07. The Balaban J connectivity index is 2.24. The van der Waals surface area contributed by atoms with E-state index in [0.717, 1.165) is 5.56 Å². The number of halogens is 2. The second-order valence-corrected chi connectivity index (χ2v) is 5.87. The van der Waals surface area contributed by atoms with Crippen LogP contribution in [0.25, 0.3) is 33.1 Å². The van der Waals surface area contributed by atoms with E-state index in [0.29, 0.717) is 27.5 Å². The van der Waals surface area contributed by atoms with Crippen molar-refractivity contribution in [3.05, 3.63) is 51.3 Å². The predicted octanol–water partition coefficient (Wildman–Crippen LogP) is 3.15. The van der Waals surface area contributed by atoms with Gasteiger partial charge in [0.25, 0.3) is 5.56 Å². The van der Waals surface area contributed by atoms with Crippen molar-refractivity contribution in [3.8, 4) is 11.1 Å². The van der Waals surface area contributed by atoms with Crippen molar-refractivity contribution in [1.82, 2.24) is 20.2 Å². The summed E-state index contributed by atoms with van der Waals surface area (Å²) in [5.74, 6) is -0.443. The summed E-state index contributed by atoms with van der Waals surface area (Å²) in [6.07, 6.45) is 1.48. The number of benzene rings is 1. The summed E-state index contributed by atoms with van der Waals surface area (Å²) in [7, 11) is 0. The molecule has 0 amide bonds. The van der Waals surface area contributed by atoms with Crippen LogP contribution in [-0.4, -0.2) is 20.2 Å². The maximum absolute atomic E-state index is 13.9. The van der Waals surface area contributed by atoms with Crippen LogP contribution in [0.5, 0.6) is 0 Å². The van der Waals surface area contributed by atoms with Crippen molar-refractivity contribution >= 4 is 39.2 Å². The maximum Gasteiger partial charge on any atom is 0.272 e. The molecule has 4 aromatic rings. The van der Waals surface area contributed by atoms with Crippen molar-refractivity contribution in [2.45, 2.75) is 6.92 Å². The third-order valence-electron chi connectivity index (χ3n) is 4.01. The van der Waals surface area contributed by atoms with Gasteiger partial charge >= 0.3 is 0 Å². The monoisotopic (exact) mass is 343 g/mol. The molecule has 0 atom stereocenters. The lowest BCUT2D eigenvalue weighted by molar-refractivity contribution is 0.636. The van der Waals surface area contributed by atoms with Gasteiger partial charge in [0.1, 0.15) is 22.2 Å². The molecule has 24 heavy (non-hydrogen) atoms. The highest BCUT2D eigenvalue weighted by Gasteiger charge is 2.19. The Hall–Kier alpha value is -2.93. The molecule has 1 aromatic carbocycles. The molecule has 0 unspecified atom stereocenters. The topological polar surface area (TPSA) is 100 Å². The standard InChI is InChI=1S/C16H11ClFN5O/c1-6-4-10(17)21-15-11(12(19)16(24)22-13(6)15)7-2-3-9(18)14-8(7)5-20-23-14/h2-5H,19H2,1H3,(H,20,23)(H,22,24). The zero-order valence-corrected chi connectivity index (χ0v) is 13.2. The van der Waals surface area contributed by atoms with E-state index in [4.69, 9.17) is 17.3 Å². The highest BCUT2D eigenvalue weighted by molar-refractivity contribution is 6.30. The lowest BCUT2D eigenvalue weighted by atomic mass is 9.98. The molecule has 0 aliphatic carbocycles. The molecule has 0 fully saturated rings. The highest BCUT2D eigenvalue weighted by atomic mass is 35.5. The summed E-state index contributed by atoms with van der Waals surface area (Å²) in [5.41, 5.74) is 8.53. The van der Waals surface area contributed by atoms with Crippen molar-refractivity contribution in [2.24, 2.45) is 0 Å². The second-order valence-electron chi connectivity index (χ2n) is 5.48. The van der Waals surface area contributed by atoms with Crippen molar-refractivity contribution in [2.75, 3.05) is 5.73 Å². The zero-order chi connectivity index (χ0) is 17.0. The number of nitrogens with one attached hydrogen (secondary N) is 2. The van der Waals surface area contributed by atoms with Crippen LogP contribution in [0.4, 0.5) is 10.1 Å². The molecule has 4 rings (SSSR count). The third-order valence-corrected chi connectivity index (χ3v) is 4.20. The van der Waals surface area contributed by atoms with E-state index in [9.17, 15) is 9.18 Å². The number of fused-ring (bicyclic) bond motifs is 2. The molecule has 0 radical (unpaired) electrons. The van der Waals surface area contributed by atoms with E-state index < -0.39 is 11.4 Å². The van der Waals surface area contributed by atoms with Gasteiger partial charge in [0.05, 0.1) is 17.2 Å². The maximum atomic E-state index is 13.9. The molecule has 3 heterocycles. The summed E-state index contributed by atoms with van der Waals surface area (Å²) in [5, 5.41) is 7.27. The number of H-pyrrole nitrogens is 2. The molecule has 120 valence electrons. The molecule has 4 N–H and O–H groups in total. The minimum Gasteiger partial charge on any atom is -0.394 e. The number of aromatic nitrogens is 4. The first-order chi connectivity index (χ1) is 11.5. The molecule has 0 aliphatic rings. The van der Waals surface area contributed by atoms with E-state index in [2.05, 4.69) is 20.2 Å². The Morgan fingerprint density at radius 1 is 1.29 bits per heavy atom. The molecule has 0 saturated carbocycles. The summed E-state index contributed by atoms with van der Waals surface area (Å²) >= 11 is 6.08. The number of pyridine rings is 2. The van der Waals surface area contributed by atoms with Crippen LogP contribution in [0.2, 0.25) is 5.15 Å². The van der Waals surface area contributed by atoms with E-state index in [1.54, 1.807) is 12.1 Å². The number of aromatic amines is 2. The number of nitrogens with zero attached hydrogens (tertiary/aromatic N) is 2. The lowest BCUT2D eigenvalue weighted by Crippen LogP contribution is -2.14. The van der Waals surface area contributed by atoms with Gasteiger partial charge in [0.15, 0.2) is 0 Å². The molecule has 6 nitrogen and oxygen atoms in total. The molecule has 3 aromatic heterocycles. The smallest absolute Gasteiger partial charge is 0.272 e. The fourth-order valence-electron chi connectivity index (χ4n) is 2.89. The van der Waals surface area contributed by atoms with Crippen molar-refractivity contribution in [3.63, 3.8) is 0 Å². The van der Waals surface area contributed by atoms with Crippen LogP contribution < -0.4 is 11.3 Å². The SMILES string of the molecule is Cc1cc(Cl)nc2c(-c3ccc(F)c4[nH]ncc34)c(N)c(=O)[nH]c12. The zero-order valence-electron chi connectivity index (χ0n) is 12.4. The van der Waals surface area contributed by atoms with E-state index in [-0.39, 0.29) is 16.4 Å². The molecular formula is C16H11ClFN5O. The number of nitrogens with two attached hydrogens (primary N) is 1. The van der Waals surface area contributed by atoms with E-state index in [1.807, 2.05) is 6.92 Å². The first-order valence-corrected chi connectivity index (χ1v) is 7.45. The van der Waals surface area contributed by atoms with Crippen LogP contribution in [-0.2, 0) is 0 Å². The first kappa shape index (κ1) is 14.6. The fourth-order valence-corrected chi connectivity index (χ4v) is 3.13. The van der Waals surface area contributed by atoms with Crippen molar-refractivity contribution < 1.29 is 4.39 Å². The van der Waals surface area contributed by atoms with Crippen LogP contribution in [0.15, 0.2) is 29.2 Å². The van der Waals surface area contributed by atoms with Crippen molar-refractivity contribution in [1.29, 1.82) is 0 Å². The van der Waals surface area contributed by atoms with Gasteiger partial charge in [-0.15, -0.1) is 0 Å². The van der Waals surface area contributed by atoms with E-state index in [1.165, 1.54) is 12.3 Å². The Morgan fingerprint density at radius 2 is 2.08 bits per heavy atom. The Bertz CT molecular complexity index is 1180. The number of rotatable bonds is 1. The first-order valence-electron chi connectivity index (χ1n) is 7.08. The van der Waals surface area contributed by atoms with Gasteiger partial charge in [-0.2, -0.15) is 5.10 Å². The Morgan fingerprint density at radius 3 is 2.88 bits per heavy atom. The Labute approximate surface area is 139 Å². The predicted molar refractivity (Wildman–Crippen MR) is 91.6 cm³/mol. The van der Waals surface area contributed by atoms with Gasteiger partial charge < -0.3 is 10.7 Å². The molecule has 8 heteroatoms. The average molecular weight is 344 g/mol. The minimum absolute atomic E-state index is 0.00854. The molecule has 0 saturated heterocycles. The number of hydrogen-bond donors (Lipinski definition) is 3. The summed E-state index contributed by atoms with van der Waals surface area (Å²) < 4.78 is 13.9. The summed E-state index contributed by atoms with van der Waals surface area (Å²) in [6.45, 7) is 1.81. The largest absolute Gasteiger partial charge is 0.394 e. The number of hydrogen-bond acceptors (Lipinski definition) is 4.